The first kappa shape index (κ1) is 13.0. The average molecular weight is 321 g/mol. The molecule has 1 aliphatic heterocycles. The van der Waals surface area contributed by atoms with Crippen LogP contribution in [0.15, 0.2) is 28.6 Å². The molecule has 0 fully saturated rings. The van der Waals surface area contributed by atoms with Crippen molar-refractivity contribution in [1.29, 1.82) is 0 Å². The maximum absolute atomic E-state index is 12.3. The van der Waals surface area contributed by atoms with E-state index in [9.17, 15) is 8.78 Å². The van der Waals surface area contributed by atoms with Crippen molar-refractivity contribution >= 4 is 21.6 Å². The Balaban J connectivity index is 2.32. The van der Waals surface area contributed by atoms with Gasteiger partial charge in [0.15, 0.2) is 0 Å². The summed E-state index contributed by atoms with van der Waals surface area (Å²) in [5.74, 6) is 0.143. The Bertz CT molecular complexity index is 458. The largest absolute Gasteiger partial charge is 0.434 e. The predicted molar refractivity (Wildman–Crippen MR) is 65.7 cm³/mol. The summed E-state index contributed by atoms with van der Waals surface area (Å²) in [5.41, 5.74) is 1.31. The summed E-state index contributed by atoms with van der Waals surface area (Å²) in [6.45, 7) is -2.38. The van der Waals surface area contributed by atoms with Crippen LogP contribution >= 0.6 is 15.9 Å². The molecule has 0 aromatic heterocycles. The summed E-state index contributed by atoms with van der Waals surface area (Å²) in [6, 6.07) is 4.93. The number of alkyl halides is 3. The van der Waals surface area contributed by atoms with Crippen LogP contribution in [0.2, 0.25) is 0 Å². The number of rotatable bonds is 4. The zero-order chi connectivity index (χ0) is 13.1. The van der Waals surface area contributed by atoms with Crippen LogP contribution in [0.1, 0.15) is 5.56 Å². The average Bonchev–Trinajstić information content (AvgIpc) is 2.74. The van der Waals surface area contributed by atoms with Crippen molar-refractivity contribution in [3.05, 3.63) is 23.8 Å². The number of hydrogen-bond acceptors (Lipinski definition) is 5. The van der Waals surface area contributed by atoms with E-state index in [1.165, 1.54) is 6.07 Å². The lowest BCUT2D eigenvalue weighted by atomic mass is 10.2. The van der Waals surface area contributed by atoms with Gasteiger partial charge in [0.1, 0.15) is 12.4 Å². The Morgan fingerprint density at radius 1 is 1.44 bits per heavy atom. The lowest BCUT2D eigenvalue weighted by Gasteiger charge is -2.18. The van der Waals surface area contributed by atoms with Crippen LogP contribution < -0.4 is 9.75 Å². The van der Waals surface area contributed by atoms with Crippen LogP contribution in [-0.2, 0) is 5.33 Å². The molecule has 1 aliphatic rings. The monoisotopic (exact) mass is 320 g/mol. The van der Waals surface area contributed by atoms with E-state index in [4.69, 9.17) is 0 Å². The van der Waals surface area contributed by atoms with Crippen LogP contribution in [0.4, 0.5) is 14.5 Å². The zero-order valence-corrected chi connectivity index (χ0v) is 11.1. The van der Waals surface area contributed by atoms with E-state index in [1.807, 2.05) is 0 Å². The molecule has 98 valence electrons. The number of hydrogen-bond donors (Lipinski definition) is 0. The SMILES string of the molecule is CN1CN(c2cccc(OC(F)F)c2CBr)N=N1. The van der Waals surface area contributed by atoms with Gasteiger partial charge >= 0.3 is 6.61 Å². The first-order valence-corrected chi connectivity index (χ1v) is 6.27. The van der Waals surface area contributed by atoms with Gasteiger partial charge in [0.25, 0.3) is 0 Å². The minimum atomic E-state index is -2.85. The minimum absolute atomic E-state index is 0.143. The highest BCUT2D eigenvalue weighted by Crippen LogP contribution is 2.33. The second kappa shape index (κ2) is 5.47. The van der Waals surface area contributed by atoms with Crippen molar-refractivity contribution in [3.8, 4) is 5.75 Å². The molecule has 0 atom stereocenters. The molecule has 0 unspecified atom stereocenters. The van der Waals surface area contributed by atoms with Crippen LogP contribution in [0.25, 0.3) is 0 Å². The van der Waals surface area contributed by atoms with Crippen molar-refractivity contribution < 1.29 is 13.5 Å². The Morgan fingerprint density at radius 2 is 2.22 bits per heavy atom. The van der Waals surface area contributed by atoms with E-state index in [-0.39, 0.29) is 5.75 Å². The van der Waals surface area contributed by atoms with Gasteiger partial charge in [0.2, 0.25) is 0 Å². The molecule has 2 rings (SSSR count). The van der Waals surface area contributed by atoms with Gasteiger partial charge in [0, 0.05) is 17.9 Å². The highest BCUT2D eigenvalue weighted by atomic mass is 79.9. The van der Waals surface area contributed by atoms with Crippen molar-refractivity contribution in [3.63, 3.8) is 0 Å². The van der Waals surface area contributed by atoms with E-state index in [0.717, 1.165) is 0 Å². The zero-order valence-electron chi connectivity index (χ0n) is 9.55. The van der Waals surface area contributed by atoms with Crippen molar-refractivity contribution in [1.82, 2.24) is 5.01 Å². The highest BCUT2D eigenvalue weighted by Gasteiger charge is 2.20. The normalized spacial score (nSPS) is 14.7. The molecular formula is C10H11BrF2N4O. The molecule has 5 nitrogen and oxygen atoms in total. The van der Waals surface area contributed by atoms with E-state index >= 15 is 0 Å². The quantitative estimate of drug-likeness (QED) is 0.800. The minimum Gasteiger partial charge on any atom is -0.434 e. The Labute approximate surface area is 111 Å². The Morgan fingerprint density at radius 3 is 2.78 bits per heavy atom. The number of halogens is 3. The molecular weight excluding hydrogens is 310 g/mol. The van der Waals surface area contributed by atoms with Crippen LogP contribution in [0.3, 0.4) is 0 Å². The van der Waals surface area contributed by atoms with Crippen LogP contribution in [0.5, 0.6) is 5.75 Å². The summed E-state index contributed by atoms with van der Waals surface area (Å²) < 4.78 is 29.1. The summed E-state index contributed by atoms with van der Waals surface area (Å²) in [7, 11) is 1.77. The molecule has 0 saturated carbocycles. The fourth-order valence-electron chi connectivity index (χ4n) is 1.63. The van der Waals surface area contributed by atoms with Gasteiger partial charge in [-0.05, 0) is 17.4 Å². The first-order valence-electron chi connectivity index (χ1n) is 5.14. The van der Waals surface area contributed by atoms with Gasteiger partial charge in [0.05, 0.1) is 5.69 Å². The number of benzene rings is 1. The van der Waals surface area contributed by atoms with Crippen molar-refractivity contribution in [2.45, 2.75) is 11.9 Å². The van der Waals surface area contributed by atoms with Crippen LogP contribution in [-0.4, -0.2) is 25.3 Å². The van der Waals surface area contributed by atoms with Gasteiger partial charge < -0.3 is 4.74 Å². The molecule has 1 aromatic rings. The second-order valence-electron chi connectivity index (χ2n) is 3.64. The van der Waals surface area contributed by atoms with Crippen molar-refractivity contribution in [2.75, 3.05) is 18.7 Å². The van der Waals surface area contributed by atoms with Crippen molar-refractivity contribution in [2.24, 2.45) is 10.4 Å². The maximum atomic E-state index is 12.3. The number of nitrogens with zero attached hydrogens (tertiary/aromatic N) is 4. The van der Waals surface area contributed by atoms with Gasteiger partial charge in [-0.2, -0.15) is 8.78 Å². The van der Waals surface area contributed by atoms with Gasteiger partial charge in [-0.25, -0.2) is 5.01 Å². The fourth-order valence-corrected chi connectivity index (χ4v) is 2.19. The molecule has 0 N–H and O–H groups in total. The molecule has 0 bridgehead atoms. The molecule has 0 saturated heterocycles. The van der Waals surface area contributed by atoms with Gasteiger partial charge in [-0.15, -0.1) is 0 Å². The molecule has 0 radical (unpaired) electrons. The number of anilines is 1. The number of ether oxygens (including phenoxy) is 1. The van der Waals surface area contributed by atoms with E-state index in [1.54, 1.807) is 29.2 Å². The summed E-state index contributed by atoms with van der Waals surface area (Å²) >= 11 is 3.27. The molecule has 1 heterocycles. The molecule has 18 heavy (non-hydrogen) atoms. The molecule has 0 spiro atoms. The molecule has 0 aliphatic carbocycles. The standard InChI is InChI=1S/C10H11BrF2N4O/c1-16-6-17(15-14-16)8-3-2-4-9(7(8)5-11)18-10(12)13/h2-4,10H,5-6H2,1H3. The van der Waals surface area contributed by atoms with E-state index in [2.05, 4.69) is 31.1 Å². The van der Waals surface area contributed by atoms with Gasteiger partial charge in [-0.1, -0.05) is 27.2 Å². The molecule has 0 amide bonds. The predicted octanol–water partition coefficient (Wildman–Crippen LogP) is 3.17. The lowest BCUT2D eigenvalue weighted by Crippen LogP contribution is -2.22. The topological polar surface area (TPSA) is 40.4 Å². The molecule has 8 heteroatoms. The summed E-state index contributed by atoms with van der Waals surface area (Å²) in [4.78, 5) is 0. The van der Waals surface area contributed by atoms with E-state index in [0.29, 0.717) is 23.2 Å². The third-order valence-electron chi connectivity index (χ3n) is 2.38. The smallest absolute Gasteiger partial charge is 0.387 e. The highest BCUT2D eigenvalue weighted by molar-refractivity contribution is 9.08. The summed E-state index contributed by atoms with van der Waals surface area (Å²) in [6.07, 6.45) is 0. The van der Waals surface area contributed by atoms with E-state index < -0.39 is 6.61 Å². The Kier molecular flexibility index (Phi) is 3.95. The lowest BCUT2D eigenvalue weighted by molar-refractivity contribution is -0.0502. The van der Waals surface area contributed by atoms with Crippen LogP contribution in [0, 0.1) is 0 Å². The molecule has 1 aromatic carbocycles. The second-order valence-corrected chi connectivity index (χ2v) is 4.20. The third-order valence-corrected chi connectivity index (χ3v) is 2.94. The summed E-state index contributed by atoms with van der Waals surface area (Å²) in [5, 5.41) is 11.4. The maximum Gasteiger partial charge on any atom is 0.387 e. The third kappa shape index (κ3) is 2.69. The fraction of sp³-hybridized carbons (Fsp3) is 0.400. The Hall–Kier alpha value is -1.44. The van der Waals surface area contributed by atoms with Gasteiger partial charge in [-0.3, -0.25) is 5.01 Å². The first-order chi connectivity index (χ1) is 8.61.